The maximum absolute atomic E-state index is 13.8. The summed E-state index contributed by atoms with van der Waals surface area (Å²) in [6, 6.07) is 10.6. The van der Waals surface area contributed by atoms with Gasteiger partial charge in [-0.2, -0.15) is 0 Å². The number of carboxylic acid groups (broad SMARTS) is 1. The fourth-order valence-electron chi connectivity index (χ4n) is 2.83. The predicted molar refractivity (Wildman–Crippen MR) is 97.2 cm³/mol. The Balaban J connectivity index is 0.00000117. The van der Waals surface area contributed by atoms with Gasteiger partial charge in [0.1, 0.15) is 0 Å². The number of hydrogen-bond donors (Lipinski definition) is 2. The van der Waals surface area contributed by atoms with Crippen LogP contribution in [0.5, 0.6) is 5.75 Å². The van der Waals surface area contributed by atoms with Gasteiger partial charge in [0, 0.05) is 22.7 Å². The predicted octanol–water partition coefficient (Wildman–Crippen LogP) is 4.14. The molecule has 0 unspecified atom stereocenters. The van der Waals surface area contributed by atoms with Crippen LogP contribution in [-0.4, -0.2) is 26.7 Å². The largest absolute Gasteiger partial charge is 0.505 e. The smallest absolute Gasteiger partial charge is 0.307 e. The number of nitrogens with zero attached hydrogens (tertiary/aromatic N) is 1. The van der Waals surface area contributed by atoms with Crippen LogP contribution in [0.1, 0.15) is 35.5 Å². The molecule has 2 aromatic carbocycles. The second-order valence-corrected chi connectivity index (χ2v) is 5.46. The second kappa shape index (κ2) is 7.82. The van der Waals surface area contributed by atoms with E-state index in [2.05, 4.69) is 0 Å². The molecule has 3 rings (SSSR count). The van der Waals surface area contributed by atoms with E-state index in [0.717, 1.165) is 12.1 Å². The zero-order valence-electron chi connectivity index (χ0n) is 14.8. The minimum absolute atomic E-state index is 0.230. The van der Waals surface area contributed by atoms with Gasteiger partial charge in [-0.25, -0.2) is 4.39 Å². The number of benzene rings is 2. The highest BCUT2D eigenvalue weighted by molar-refractivity contribution is 6.04. The van der Waals surface area contributed by atoms with Gasteiger partial charge in [0.2, 0.25) is 0 Å². The molecule has 6 heteroatoms. The molecule has 136 valence electrons. The van der Waals surface area contributed by atoms with Crippen LogP contribution >= 0.6 is 0 Å². The summed E-state index contributed by atoms with van der Waals surface area (Å²) in [4.78, 5) is 23.9. The maximum atomic E-state index is 13.8. The summed E-state index contributed by atoms with van der Waals surface area (Å²) in [5, 5.41) is 19.1. The fourth-order valence-corrected chi connectivity index (χ4v) is 2.83. The van der Waals surface area contributed by atoms with Crippen molar-refractivity contribution in [2.75, 3.05) is 0 Å². The van der Waals surface area contributed by atoms with E-state index in [1.54, 1.807) is 37.3 Å². The lowest BCUT2D eigenvalue weighted by atomic mass is 10.1. The Labute approximate surface area is 150 Å². The van der Waals surface area contributed by atoms with E-state index in [9.17, 15) is 19.1 Å². The first kappa shape index (κ1) is 19.2. The zero-order valence-corrected chi connectivity index (χ0v) is 14.8. The van der Waals surface area contributed by atoms with Crippen LogP contribution in [0.3, 0.4) is 0 Å². The van der Waals surface area contributed by atoms with Gasteiger partial charge in [-0.05, 0) is 30.7 Å². The molecule has 2 N–H and O–H groups in total. The minimum atomic E-state index is -1.08. The van der Waals surface area contributed by atoms with Gasteiger partial charge in [0.05, 0.1) is 11.9 Å². The zero-order chi connectivity index (χ0) is 19.4. The van der Waals surface area contributed by atoms with Crippen LogP contribution in [0.15, 0.2) is 42.5 Å². The molecule has 0 aliphatic heterocycles. The Morgan fingerprint density at radius 2 is 1.73 bits per heavy atom. The average molecular weight is 357 g/mol. The highest BCUT2D eigenvalue weighted by atomic mass is 19.1. The van der Waals surface area contributed by atoms with Crippen LogP contribution in [-0.2, 0) is 11.2 Å². The first-order valence-electron chi connectivity index (χ1n) is 8.24. The quantitative estimate of drug-likeness (QED) is 0.738. The molecular weight excluding hydrogens is 337 g/mol. The molecule has 0 atom stereocenters. The van der Waals surface area contributed by atoms with Crippen molar-refractivity contribution in [3.63, 3.8) is 0 Å². The Kier molecular flexibility index (Phi) is 5.77. The van der Waals surface area contributed by atoms with Gasteiger partial charge in [-0.1, -0.05) is 32.0 Å². The van der Waals surface area contributed by atoms with Gasteiger partial charge in [-0.15, -0.1) is 0 Å². The molecule has 5 nitrogen and oxygen atoms in total. The Hall–Kier alpha value is -3.15. The normalized spacial score (nSPS) is 10.3. The number of rotatable bonds is 3. The van der Waals surface area contributed by atoms with Crippen LogP contribution in [0.2, 0.25) is 0 Å². The van der Waals surface area contributed by atoms with Crippen molar-refractivity contribution in [2.45, 2.75) is 27.2 Å². The van der Waals surface area contributed by atoms with Gasteiger partial charge in [0.25, 0.3) is 5.91 Å². The summed E-state index contributed by atoms with van der Waals surface area (Å²) in [6.45, 7) is 5.61. The van der Waals surface area contributed by atoms with Gasteiger partial charge in [-0.3, -0.25) is 14.2 Å². The molecule has 1 heterocycles. The van der Waals surface area contributed by atoms with Crippen molar-refractivity contribution < 1.29 is 24.2 Å². The molecule has 0 spiro atoms. The van der Waals surface area contributed by atoms with Crippen molar-refractivity contribution in [3.8, 4) is 5.75 Å². The van der Waals surface area contributed by atoms with E-state index in [1.807, 2.05) is 13.8 Å². The number of phenols is 1. The van der Waals surface area contributed by atoms with Crippen LogP contribution in [0.4, 0.5) is 4.39 Å². The summed E-state index contributed by atoms with van der Waals surface area (Å²) < 4.78 is 15.1. The van der Waals surface area contributed by atoms with E-state index in [-0.39, 0.29) is 17.8 Å². The number of hydrogen-bond acceptors (Lipinski definition) is 3. The number of carbonyl (C=O) groups is 2. The molecule has 0 saturated carbocycles. The Morgan fingerprint density at radius 1 is 1.12 bits per heavy atom. The molecule has 0 bridgehead atoms. The lowest BCUT2D eigenvalue weighted by Crippen LogP contribution is -2.14. The number of halogens is 1. The van der Waals surface area contributed by atoms with Crippen molar-refractivity contribution in [2.24, 2.45) is 0 Å². The van der Waals surface area contributed by atoms with Crippen molar-refractivity contribution in [1.82, 2.24) is 4.57 Å². The second-order valence-electron chi connectivity index (χ2n) is 5.46. The molecular formula is C20H20FNO4. The van der Waals surface area contributed by atoms with E-state index >= 15 is 0 Å². The van der Waals surface area contributed by atoms with Crippen LogP contribution in [0.25, 0.3) is 10.9 Å². The SMILES string of the molecule is CC.Cc1c(CC(=O)O)c2cc(O)c(F)cc2n1C(=O)c1ccccc1. The summed E-state index contributed by atoms with van der Waals surface area (Å²) in [7, 11) is 0. The van der Waals surface area contributed by atoms with Gasteiger partial charge < -0.3 is 10.2 Å². The molecule has 0 radical (unpaired) electrons. The molecule has 3 aromatic rings. The number of fused-ring (bicyclic) bond motifs is 1. The number of carbonyl (C=O) groups excluding carboxylic acids is 1. The van der Waals surface area contributed by atoms with Crippen molar-refractivity contribution >= 4 is 22.8 Å². The highest BCUT2D eigenvalue weighted by Gasteiger charge is 2.22. The third-order valence-corrected chi connectivity index (χ3v) is 3.96. The molecule has 0 aliphatic carbocycles. The molecule has 26 heavy (non-hydrogen) atoms. The third kappa shape index (κ3) is 3.44. The summed E-state index contributed by atoms with van der Waals surface area (Å²) in [6.07, 6.45) is -0.331. The topological polar surface area (TPSA) is 79.5 Å². The van der Waals surface area contributed by atoms with Gasteiger partial charge in [0.15, 0.2) is 11.6 Å². The maximum Gasteiger partial charge on any atom is 0.307 e. The Bertz CT molecular complexity index is 961. The van der Waals surface area contributed by atoms with Crippen molar-refractivity contribution in [1.29, 1.82) is 0 Å². The number of aromatic nitrogens is 1. The van der Waals surface area contributed by atoms with Crippen molar-refractivity contribution in [3.05, 3.63) is 65.1 Å². The standard InChI is InChI=1S/C18H14FNO4.C2H6/c1-10-12(8-17(22)23)13-7-16(21)14(19)9-15(13)20(10)18(24)11-5-3-2-4-6-11;1-2/h2-7,9,21H,8H2,1H3,(H,22,23);1-2H3. The van der Waals surface area contributed by atoms with E-state index in [1.165, 1.54) is 4.57 Å². The first-order chi connectivity index (χ1) is 12.4. The Morgan fingerprint density at radius 3 is 2.31 bits per heavy atom. The minimum Gasteiger partial charge on any atom is -0.505 e. The summed E-state index contributed by atoms with van der Waals surface area (Å²) >= 11 is 0. The lowest BCUT2D eigenvalue weighted by Gasteiger charge is -2.07. The van der Waals surface area contributed by atoms with E-state index in [0.29, 0.717) is 22.2 Å². The number of carboxylic acids is 1. The molecule has 0 amide bonds. The fraction of sp³-hybridized carbons (Fsp3) is 0.200. The number of aromatic hydroxyl groups is 1. The lowest BCUT2D eigenvalue weighted by molar-refractivity contribution is -0.136. The highest BCUT2D eigenvalue weighted by Crippen LogP contribution is 2.32. The average Bonchev–Trinajstić information content (AvgIpc) is 2.88. The number of phenolic OH excluding ortho intramolecular Hbond substituents is 1. The first-order valence-corrected chi connectivity index (χ1v) is 8.24. The van der Waals surface area contributed by atoms with Gasteiger partial charge >= 0.3 is 5.97 Å². The summed E-state index contributed by atoms with van der Waals surface area (Å²) in [5.74, 6) is -2.92. The molecule has 0 saturated heterocycles. The summed E-state index contributed by atoms with van der Waals surface area (Å²) in [5.41, 5.74) is 1.41. The molecule has 0 aliphatic rings. The molecule has 0 fully saturated rings. The van der Waals surface area contributed by atoms with Crippen LogP contribution < -0.4 is 0 Å². The monoisotopic (exact) mass is 357 g/mol. The van der Waals surface area contributed by atoms with Crippen LogP contribution in [0, 0.1) is 12.7 Å². The molecule has 1 aromatic heterocycles. The third-order valence-electron chi connectivity index (χ3n) is 3.96. The van der Waals surface area contributed by atoms with E-state index in [4.69, 9.17) is 5.11 Å². The van der Waals surface area contributed by atoms with E-state index < -0.39 is 17.5 Å². The number of aliphatic carboxylic acids is 1.